The molecule has 5 nitrogen and oxygen atoms in total. The van der Waals surface area contributed by atoms with Gasteiger partial charge in [-0.25, -0.2) is 4.98 Å². The third-order valence-electron chi connectivity index (χ3n) is 3.06. The van der Waals surface area contributed by atoms with Crippen LogP contribution in [0.3, 0.4) is 0 Å². The molecule has 1 atom stereocenters. The molecule has 0 fully saturated rings. The average molecular weight is 312 g/mol. The predicted octanol–water partition coefficient (Wildman–Crippen LogP) is 2.98. The van der Waals surface area contributed by atoms with Crippen LogP contribution in [0.2, 0.25) is 0 Å². The number of aliphatic hydroxyl groups is 1. The molecule has 0 saturated carbocycles. The average Bonchev–Trinajstić information content (AvgIpc) is 3.00. The van der Waals surface area contributed by atoms with Crippen molar-refractivity contribution in [1.29, 1.82) is 0 Å². The molecule has 0 saturated heterocycles. The molecule has 0 aliphatic carbocycles. The van der Waals surface area contributed by atoms with E-state index in [1.54, 1.807) is 11.3 Å². The van der Waals surface area contributed by atoms with Gasteiger partial charge in [0.15, 0.2) is 0 Å². The standard InChI is InChI=1S/C13H20N4OS2/c1-8(6-18)4-3-5-15-13-11(12(14)17-20-13)10-7-19-9(2)16-10/h7-8,15,18H,3-6H2,1-2H3,(H2,14,17). The van der Waals surface area contributed by atoms with E-state index >= 15 is 0 Å². The summed E-state index contributed by atoms with van der Waals surface area (Å²) in [6.45, 7) is 5.13. The highest BCUT2D eigenvalue weighted by atomic mass is 32.1. The quantitative estimate of drug-likeness (QED) is 0.685. The fraction of sp³-hybridized carbons (Fsp3) is 0.538. The van der Waals surface area contributed by atoms with Crippen molar-refractivity contribution in [3.05, 3.63) is 10.4 Å². The molecule has 0 aliphatic heterocycles. The lowest BCUT2D eigenvalue weighted by molar-refractivity contribution is 0.229. The highest BCUT2D eigenvalue weighted by Gasteiger charge is 2.15. The van der Waals surface area contributed by atoms with Gasteiger partial charge in [-0.1, -0.05) is 6.92 Å². The molecule has 20 heavy (non-hydrogen) atoms. The molecule has 0 radical (unpaired) electrons. The van der Waals surface area contributed by atoms with E-state index in [1.165, 1.54) is 11.5 Å². The molecule has 0 bridgehead atoms. The Labute approximate surface area is 127 Å². The van der Waals surface area contributed by atoms with Gasteiger partial charge in [0.25, 0.3) is 0 Å². The summed E-state index contributed by atoms with van der Waals surface area (Å²) in [5.74, 6) is 0.885. The lowest BCUT2D eigenvalue weighted by Crippen LogP contribution is -2.06. The summed E-state index contributed by atoms with van der Waals surface area (Å²) < 4.78 is 4.21. The van der Waals surface area contributed by atoms with E-state index in [1.807, 2.05) is 19.2 Å². The number of anilines is 2. The Morgan fingerprint density at radius 2 is 2.30 bits per heavy atom. The van der Waals surface area contributed by atoms with Crippen LogP contribution in [0.25, 0.3) is 11.3 Å². The Hall–Kier alpha value is -1.18. The number of nitrogen functional groups attached to an aromatic ring is 1. The first-order valence-electron chi connectivity index (χ1n) is 6.64. The van der Waals surface area contributed by atoms with E-state index in [9.17, 15) is 0 Å². The highest BCUT2D eigenvalue weighted by molar-refractivity contribution is 7.11. The molecular weight excluding hydrogens is 292 g/mol. The molecule has 0 spiro atoms. The number of hydrogen-bond donors (Lipinski definition) is 3. The van der Waals surface area contributed by atoms with Crippen LogP contribution in [-0.4, -0.2) is 27.6 Å². The Morgan fingerprint density at radius 3 is 2.95 bits per heavy atom. The van der Waals surface area contributed by atoms with Crippen LogP contribution in [0.15, 0.2) is 5.38 Å². The van der Waals surface area contributed by atoms with Crippen molar-refractivity contribution in [1.82, 2.24) is 9.36 Å². The third kappa shape index (κ3) is 3.68. The van der Waals surface area contributed by atoms with Crippen LogP contribution in [0, 0.1) is 12.8 Å². The summed E-state index contributed by atoms with van der Waals surface area (Å²) in [4.78, 5) is 4.48. The normalized spacial score (nSPS) is 12.6. The van der Waals surface area contributed by atoms with Crippen molar-refractivity contribution >= 4 is 33.7 Å². The Kier molecular flexibility index (Phi) is 5.33. The van der Waals surface area contributed by atoms with Gasteiger partial charge in [0.1, 0.15) is 10.8 Å². The van der Waals surface area contributed by atoms with Crippen molar-refractivity contribution in [3.8, 4) is 11.3 Å². The van der Waals surface area contributed by atoms with Crippen molar-refractivity contribution in [2.45, 2.75) is 26.7 Å². The Bertz CT molecular complexity index is 552. The lowest BCUT2D eigenvalue weighted by Gasteiger charge is -2.08. The van der Waals surface area contributed by atoms with Gasteiger partial charge in [-0.3, -0.25) is 0 Å². The van der Waals surface area contributed by atoms with Crippen LogP contribution in [0.5, 0.6) is 0 Å². The first-order chi connectivity index (χ1) is 9.61. The van der Waals surface area contributed by atoms with Gasteiger partial charge in [-0.2, -0.15) is 4.37 Å². The van der Waals surface area contributed by atoms with E-state index < -0.39 is 0 Å². The zero-order valence-corrected chi connectivity index (χ0v) is 13.4. The number of aryl methyl sites for hydroxylation is 1. The molecule has 0 aromatic carbocycles. The predicted molar refractivity (Wildman–Crippen MR) is 86.3 cm³/mol. The number of hydrogen-bond acceptors (Lipinski definition) is 7. The Balaban J connectivity index is 1.99. The van der Waals surface area contributed by atoms with Gasteiger partial charge in [0.05, 0.1) is 16.3 Å². The molecule has 110 valence electrons. The minimum Gasteiger partial charge on any atom is -0.396 e. The van der Waals surface area contributed by atoms with Gasteiger partial charge in [-0.05, 0) is 37.2 Å². The molecule has 2 heterocycles. The zero-order valence-electron chi connectivity index (χ0n) is 11.7. The zero-order chi connectivity index (χ0) is 14.5. The molecule has 2 aromatic heterocycles. The smallest absolute Gasteiger partial charge is 0.148 e. The summed E-state index contributed by atoms with van der Waals surface area (Å²) in [6, 6.07) is 0. The SMILES string of the molecule is Cc1nc(-c2c(N)nsc2NCCCC(C)CO)cs1. The van der Waals surface area contributed by atoms with Crippen molar-refractivity contribution in [2.24, 2.45) is 5.92 Å². The van der Waals surface area contributed by atoms with Gasteiger partial charge >= 0.3 is 0 Å². The highest BCUT2D eigenvalue weighted by Crippen LogP contribution is 2.37. The summed E-state index contributed by atoms with van der Waals surface area (Å²) in [5.41, 5.74) is 7.75. The third-order valence-corrected chi connectivity index (χ3v) is 4.66. The summed E-state index contributed by atoms with van der Waals surface area (Å²) >= 11 is 2.98. The first kappa shape index (κ1) is 15.2. The van der Waals surface area contributed by atoms with Gasteiger partial charge in [-0.15, -0.1) is 11.3 Å². The number of nitrogens with two attached hydrogens (primary N) is 1. The fourth-order valence-electron chi connectivity index (χ4n) is 1.89. The summed E-state index contributed by atoms with van der Waals surface area (Å²) in [5, 5.41) is 16.4. The van der Waals surface area contributed by atoms with Crippen LogP contribution in [-0.2, 0) is 0 Å². The van der Waals surface area contributed by atoms with Crippen LogP contribution in [0.1, 0.15) is 24.8 Å². The molecule has 1 unspecified atom stereocenters. The second kappa shape index (κ2) is 7.01. The van der Waals surface area contributed by atoms with Gasteiger partial charge < -0.3 is 16.2 Å². The summed E-state index contributed by atoms with van der Waals surface area (Å²) in [7, 11) is 0. The largest absolute Gasteiger partial charge is 0.396 e. The molecule has 7 heteroatoms. The molecular formula is C13H20N4OS2. The minimum atomic E-state index is 0.247. The maximum atomic E-state index is 9.00. The van der Waals surface area contributed by atoms with Crippen LogP contribution in [0.4, 0.5) is 10.8 Å². The van der Waals surface area contributed by atoms with Crippen molar-refractivity contribution in [3.63, 3.8) is 0 Å². The monoisotopic (exact) mass is 312 g/mol. The first-order valence-corrected chi connectivity index (χ1v) is 8.29. The van der Waals surface area contributed by atoms with E-state index in [4.69, 9.17) is 10.8 Å². The van der Waals surface area contributed by atoms with Gasteiger partial charge in [0, 0.05) is 18.5 Å². The second-order valence-electron chi connectivity index (χ2n) is 4.88. The van der Waals surface area contributed by atoms with Gasteiger partial charge in [0.2, 0.25) is 0 Å². The van der Waals surface area contributed by atoms with Crippen LogP contribution < -0.4 is 11.1 Å². The molecule has 4 N–H and O–H groups in total. The lowest BCUT2D eigenvalue weighted by atomic mass is 10.1. The maximum absolute atomic E-state index is 9.00. The topological polar surface area (TPSA) is 84.1 Å². The number of aromatic nitrogens is 2. The summed E-state index contributed by atoms with van der Waals surface area (Å²) in [6.07, 6.45) is 2.01. The fourth-order valence-corrected chi connectivity index (χ4v) is 3.24. The molecule has 0 aliphatic rings. The van der Waals surface area contributed by atoms with Crippen molar-refractivity contribution < 1.29 is 5.11 Å². The maximum Gasteiger partial charge on any atom is 0.148 e. The molecule has 0 amide bonds. The van der Waals surface area contributed by atoms with E-state index in [2.05, 4.69) is 14.7 Å². The van der Waals surface area contributed by atoms with E-state index in [-0.39, 0.29) is 6.61 Å². The van der Waals surface area contributed by atoms with Crippen LogP contribution >= 0.6 is 22.9 Å². The van der Waals surface area contributed by atoms with E-state index in [0.29, 0.717) is 11.7 Å². The Morgan fingerprint density at radius 1 is 1.50 bits per heavy atom. The number of rotatable bonds is 7. The van der Waals surface area contributed by atoms with Crippen molar-refractivity contribution in [2.75, 3.05) is 24.2 Å². The molecule has 2 rings (SSSR count). The number of aliphatic hydroxyl groups excluding tert-OH is 1. The van der Waals surface area contributed by atoms with E-state index in [0.717, 1.165) is 40.7 Å². The number of thiazole rings is 1. The number of nitrogens with one attached hydrogen (secondary N) is 1. The second-order valence-corrected chi connectivity index (χ2v) is 6.72. The number of nitrogens with zero attached hydrogens (tertiary/aromatic N) is 2. The minimum absolute atomic E-state index is 0.247. The molecule has 2 aromatic rings.